The summed E-state index contributed by atoms with van der Waals surface area (Å²) < 4.78 is 0. The van der Waals surface area contributed by atoms with Gasteiger partial charge in [-0.1, -0.05) is 30.3 Å². The lowest BCUT2D eigenvalue weighted by Gasteiger charge is -2.05. The Morgan fingerprint density at radius 2 is 1.88 bits per heavy atom. The van der Waals surface area contributed by atoms with Crippen LogP contribution in [0.1, 0.15) is 16.7 Å². The van der Waals surface area contributed by atoms with Gasteiger partial charge in [-0.05, 0) is 46.4 Å². The van der Waals surface area contributed by atoms with Crippen molar-refractivity contribution in [2.24, 2.45) is 0 Å². The van der Waals surface area contributed by atoms with E-state index in [-0.39, 0.29) is 0 Å². The van der Waals surface area contributed by atoms with Gasteiger partial charge in [0.2, 0.25) is 0 Å². The summed E-state index contributed by atoms with van der Waals surface area (Å²) in [5.74, 6) is -0.909. The molecule has 1 aliphatic rings. The van der Waals surface area contributed by atoms with Gasteiger partial charge in [-0.25, -0.2) is 4.79 Å². The summed E-state index contributed by atoms with van der Waals surface area (Å²) in [4.78, 5) is 10.6. The minimum Gasteiger partial charge on any atom is -0.478 e. The third-order valence-corrected chi connectivity index (χ3v) is 3.32. The number of rotatable bonds is 2. The first kappa shape index (κ1) is 10.1. The molecule has 2 aromatic carbocycles. The summed E-state index contributed by atoms with van der Waals surface area (Å²) in [5, 5.41) is 11.2. The highest BCUT2D eigenvalue weighted by molar-refractivity contribution is 5.98. The van der Waals surface area contributed by atoms with Crippen LogP contribution in [0.2, 0.25) is 0 Å². The highest BCUT2D eigenvalue weighted by Gasteiger charge is 2.14. The Kier molecular flexibility index (Phi) is 2.22. The van der Waals surface area contributed by atoms with Crippen LogP contribution in [0.25, 0.3) is 16.8 Å². The molecule has 0 spiro atoms. The van der Waals surface area contributed by atoms with Gasteiger partial charge >= 0.3 is 5.97 Å². The third-order valence-electron chi connectivity index (χ3n) is 3.32. The zero-order valence-corrected chi connectivity index (χ0v) is 9.31. The van der Waals surface area contributed by atoms with Crippen molar-refractivity contribution in [3.63, 3.8) is 0 Å². The molecule has 0 amide bonds. The molecule has 2 aromatic rings. The van der Waals surface area contributed by atoms with E-state index >= 15 is 0 Å². The lowest BCUT2D eigenvalue weighted by molar-refractivity contribution is -0.131. The van der Waals surface area contributed by atoms with E-state index < -0.39 is 5.97 Å². The van der Waals surface area contributed by atoms with Crippen molar-refractivity contribution in [1.82, 2.24) is 0 Å². The number of hydrogen-bond donors (Lipinski definition) is 1. The molecule has 0 atom stereocenters. The van der Waals surface area contributed by atoms with Gasteiger partial charge in [-0.15, -0.1) is 0 Å². The minimum atomic E-state index is -0.909. The number of hydrogen-bond acceptors (Lipinski definition) is 1. The average molecular weight is 224 g/mol. The molecular formula is C15H12O2. The van der Waals surface area contributed by atoms with Crippen molar-refractivity contribution < 1.29 is 9.90 Å². The van der Waals surface area contributed by atoms with Crippen LogP contribution in [-0.2, 0) is 17.6 Å². The summed E-state index contributed by atoms with van der Waals surface area (Å²) in [6.45, 7) is 0. The second kappa shape index (κ2) is 3.74. The van der Waals surface area contributed by atoms with Crippen LogP contribution in [0.5, 0.6) is 0 Å². The Labute approximate surface area is 99.2 Å². The van der Waals surface area contributed by atoms with Crippen molar-refractivity contribution in [1.29, 1.82) is 0 Å². The first-order chi connectivity index (χ1) is 8.25. The maximum Gasteiger partial charge on any atom is 0.328 e. The van der Waals surface area contributed by atoms with E-state index in [4.69, 9.17) is 5.11 Å². The lowest BCUT2D eigenvalue weighted by atomic mass is 10.00. The van der Waals surface area contributed by atoms with E-state index in [2.05, 4.69) is 18.2 Å². The summed E-state index contributed by atoms with van der Waals surface area (Å²) in [6, 6.07) is 10.4. The molecule has 0 bridgehead atoms. The molecule has 84 valence electrons. The Hall–Kier alpha value is -2.09. The van der Waals surface area contributed by atoms with E-state index in [9.17, 15) is 4.79 Å². The predicted octanol–water partition coefficient (Wildman–Crippen LogP) is 3.04. The van der Waals surface area contributed by atoms with Crippen LogP contribution in [0.15, 0.2) is 36.4 Å². The van der Waals surface area contributed by atoms with Crippen LogP contribution >= 0.6 is 0 Å². The zero-order valence-electron chi connectivity index (χ0n) is 9.31. The molecule has 2 nitrogen and oxygen atoms in total. The van der Waals surface area contributed by atoms with Gasteiger partial charge in [0.25, 0.3) is 0 Å². The standard InChI is InChI=1S/C15H12O2/c16-14(17)9-8-10-4-5-12-7-6-11-2-1-3-13(10)15(11)12/h1-5,8-9H,6-7H2,(H,16,17). The average Bonchev–Trinajstić information content (AvgIpc) is 2.74. The van der Waals surface area contributed by atoms with E-state index in [1.54, 1.807) is 6.08 Å². The predicted molar refractivity (Wildman–Crippen MR) is 68.0 cm³/mol. The summed E-state index contributed by atoms with van der Waals surface area (Å²) >= 11 is 0. The van der Waals surface area contributed by atoms with E-state index in [1.807, 2.05) is 12.1 Å². The smallest absolute Gasteiger partial charge is 0.328 e. The largest absolute Gasteiger partial charge is 0.478 e. The number of carbonyl (C=O) groups is 1. The van der Waals surface area contributed by atoms with Crippen LogP contribution in [-0.4, -0.2) is 11.1 Å². The fourth-order valence-corrected chi connectivity index (χ4v) is 2.58. The first-order valence-electron chi connectivity index (χ1n) is 5.70. The van der Waals surface area contributed by atoms with Crippen LogP contribution in [0.4, 0.5) is 0 Å². The van der Waals surface area contributed by atoms with Gasteiger partial charge in [0, 0.05) is 6.08 Å². The number of carboxylic acids is 1. The van der Waals surface area contributed by atoms with E-state index in [0.717, 1.165) is 23.8 Å². The maximum atomic E-state index is 10.6. The fraction of sp³-hybridized carbons (Fsp3) is 0.133. The van der Waals surface area contributed by atoms with Crippen molar-refractivity contribution in [3.05, 3.63) is 53.1 Å². The molecule has 0 heterocycles. The van der Waals surface area contributed by atoms with Crippen molar-refractivity contribution >= 4 is 22.8 Å². The van der Waals surface area contributed by atoms with Crippen molar-refractivity contribution in [3.8, 4) is 0 Å². The molecule has 0 saturated carbocycles. The molecular weight excluding hydrogens is 212 g/mol. The number of carboxylic acid groups (broad SMARTS) is 1. The number of benzene rings is 2. The number of aliphatic carboxylic acids is 1. The van der Waals surface area contributed by atoms with Crippen molar-refractivity contribution in [2.45, 2.75) is 12.8 Å². The normalized spacial score (nSPS) is 13.6. The van der Waals surface area contributed by atoms with Crippen LogP contribution in [0.3, 0.4) is 0 Å². The Bertz CT molecular complexity index is 628. The molecule has 0 unspecified atom stereocenters. The lowest BCUT2D eigenvalue weighted by Crippen LogP contribution is -1.87. The Balaban J connectivity index is 2.25. The molecule has 3 rings (SSSR count). The second-order valence-electron chi connectivity index (χ2n) is 4.33. The SMILES string of the molecule is O=C(O)C=Cc1ccc2c3c(cccc13)CC2. The summed E-state index contributed by atoms with van der Waals surface area (Å²) in [6.07, 6.45) is 5.06. The third kappa shape index (κ3) is 1.62. The summed E-state index contributed by atoms with van der Waals surface area (Å²) in [7, 11) is 0. The minimum absolute atomic E-state index is 0.909. The molecule has 1 aliphatic carbocycles. The number of aryl methyl sites for hydroxylation is 2. The molecule has 0 aromatic heterocycles. The monoisotopic (exact) mass is 224 g/mol. The maximum absolute atomic E-state index is 10.6. The molecule has 0 saturated heterocycles. The van der Waals surface area contributed by atoms with Gasteiger partial charge in [0.05, 0.1) is 0 Å². The molecule has 0 fully saturated rings. The van der Waals surface area contributed by atoms with Crippen molar-refractivity contribution in [2.75, 3.05) is 0 Å². The Morgan fingerprint density at radius 1 is 1.12 bits per heavy atom. The topological polar surface area (TPSA) is 37.3 Å². The van der Waals surface area contributed by atoms with Gasteiger partial charge in [-0.2, -0.15) is 0 Å². The fourth-order valence-electron chi connectivity index (χ4n) is 2.58. The molecule has 0 radical (unpaired) electrons. The molecule has 0 aliphatic heterocycles. The molecule has 1 N–H and O–H groups in total. The second-order valence-corrected chi connectivity index (χ2v) is 4.33. The van der Waals surface area contributed by atoms with Gasteiger partial charge in [0.1, 0.15) is 0 Å². The first-order valence-corrected chi connectivity index (χ1v) is 5.70. The molecule has 17 heavy (non-hydrogen) atoms. The highest BCUT2D eigenvalue weighted by Crippen LogP contribution is 2.33. The zero-order chi connectivity index (χ0) is 11.8. The highest BCUT2D eigenvalue weighted by atomic mass is 16.4. The quantitative estimate of drug-likeness (QED) is 0.796. The van der Waals surface area contributed by atoms with Crippen LogP contribution in [0, 0.1) is 0 Å². The van der Waals surface area contributed by atoms with E-state index in [1.165, 1.54) is 22.6 Å². The van der Waals surface area contributed by atoms with Gasteiger partial charge in [-0.3, -0.25) is 0 Å². The molecule has 2 heteroatoms. The van der Waals surface area contributed by atoms with Gasteiger partial charge in [0.15, 0.2) is 0 Å². The van der Waals surface area contributed by atoms with Gasteiger partial charge < -0.3 is 5.11 Å². The van der Waals surface area contributed by atoms with Crippen LogP contribution < -0.4 is 0 Å². The summed E-state index contributed by atoms with van der Waals surface area (Å²) in [5.41, 5.74) is 3.74. The Morgan fingerprint density at radius 3 is 2.65 bits per heavy atom. The van der Waals surface area contributed by atoms with E-state index in [0.29, 0.717) is 0 Å².